The zero-order chi connectivity index (χ0) is 18.0. The molecule has 1 heterocycles. The number of benzene rings is 2. The van der Waals surface area contributed by atoms with Crippen molar-refractivity contribution < 1.29 is 14.4 Å². The number of carbonyl (C=O) groups is 3. The first-order chi connectivity index (χ1) is 12.0. The van der Waals surface area contributed by atoms with E-state index in [0.29, 0.717) is 11.3 Å². The number of nitrogens with zero attached hydrogens (tertiary/aromatic N) is 1. The van der Waals surface area contributed by atoms with Gasteiger partial charge in [-0.05, 0) is 24.6 Å². The van der Waals surface area contributed by atoms with Crippen LogP contribution in [0.1, 0.15) is 35.3 Å². The summed E-state index contributed by atoms with van der Waals surface area (Å²) in [6.07, 6.45) is 0.175. The van der Waals surface area contributed by atoms with Gasteiger partial charge in [-0.1, -0.05) is 42.5 Å². The van der Waals surface area contributed by atoms with Crippen molar-refractivity contribution in [3.8, 4) is 0 Å². The molecule has 5 heteroatoms. The van der Waals surface area contributed by atoms with Gasteiger partial charge < -0.3 is 10.2 Å². The Balaban J connectivity index is 1.84. The number of amides is 2. The van der Waals surface area contributed by atoms with Crippen molar-refractivity contribution in [1.82, 2.24) is 4.90 Å². The van der Waals surface area contributed by atoms with Crippen molar-refractivity contribution in [3.05, 3.63) is 65.7 Å². The number of ketones is 1. The van der Waals surface area contributed by atoms with Gasteiger partial charge in [0.25, 0.3) is 0 Å². The van der Waals surface area contributed by atoms with Crippen LogP contribution in [0.25, 0.3) is 0 Å². The first kappa shape index (κ1) is 16.9. The largest absolute Gasteiger partial charge is 0.338 e. The quantitative estimate of drug-likeness (QED) is 0.873. The molecule has 5 nitrogen and oxygen atoms in total. The van der Waals surface area contributed by atoms with Crippen molar-refractivity contribution in [3.63, 3.8) is 0 Å². The van der Waals surface area contributed by atoms with E-state index in [1.54, 1.807) is 36.2 Å². The predicted molar refractivity (Wildman–Crippen MR) is 95.1 cm³/mol. The normalized spacial score (nSPS) is 19.8. The van der Waals surface area contributed by atoms with Gasteiger partial charge in [-0.15, -0.1) is 0 Å². The second-order valence-electron chi connectivity index (χ2n) is 6.30. The molecule has 0 unspecified atom stereocenters. The summed E-state index contributed by atoms with van der Waals surface area (Å²) in [5, 5.41) is 2.85. The van der Waals surface area contributed by atoms with Crippen molar-refractivity contribution in [1.29, 1.82) is 0 Å². The van der Waals surface area contributed by atoms with Gasteiger partial charge in [0.1, 0.15) is 0 Å². The lowest BCUT2D eigenvalue weighted by Crippen LogP contribution is -2.30. The summed E-state index contributed by atoms with van der Waals surface area (Å²) in [5.41, 5.74) is 2.04. The fourth-order valence-corrected chi connectivity index (χ4v) is 3.26. The molecule has 1 saturated heterocycles. The zero-order valence-corrected chi connectivity index (χ0v) is 14.2. The van der Waals surface area contributed by atoms with Crippen LogP contribution in [0.2, 0.25) is 0 Å². The zero-order valence-electron chi connectivity index (χ0n) is 14.2. The Hall–Kier alpha value is -2.95. The van der Waals surface area contributed by atoms with E-state index in [4.69, 9.17) is 0 Å². The topological polar surface area (TPSA) is 66.5 Å². The molecule has 25 heavy (non-hydrogen) atoms. The lowest BCUT2D eigenvalue weighted by Gasteiger charge is -2.25. The molecule has 3 rings (SSSR count). The van der Waals surface area contributed by atoms with Crippen molar-refractivity contribution >= 4 is 23.3 Å². The summed E-state index contributed by atoms with van der Waals surface area (Å²) in [6, 6.07) is 16.1. The Morgan fingerprint density at radius 1 is 1.08 bits per heavy atom. The minimum absolute atomic E-state index is 0.0495. The highest BCUT2D eigenvalue weighted by Gasteiger charge is 2.42. The van der Waals surface area contributed by atoms with E-state index in [1.807, 2.05) is 30.3 Å². The molecule has 0 radical (unpaired) electrons. The van der Waals surface area contributed by atoms with Gasteiger partial charge in [-0.2, -0.15) is 0 Å². The summed E-state index contributed by atoms with van der Waals surface area (Å²) in [7, 11) is 1.73. The molecular formula is C20H20N2O3. The van der Waals surface area contributed by atoms with Gasteiger partial charge in [0.2, 0.25) is 11.8 Å². The minimum Gasteiger partial charge on any atom is -0.338 e. The van der Waals surface area contributed by atoms with Gasteiger partial charge in [0.05, 0.1) is 12.0 Å². The summed E-state index contributed by atoms with van der Waals surface area (Å²) in [5.74, 6) is -0.798. The number of hydrogen-bond acceptors (Lipinski definition) is 3. The maximum Gasteiger partial charge on any atom is 0.230 e. The van der Waals surface area contributed by atoms with E-state index >= 15 is 0 Å². The fraction of sp³-hybridized carbons (Fsp3) is 0.250. The van der Waals surface area contributed by atoms with Crippen LogP contribution in [0.5, 0.6) is 0 Å². The summed E-state index contributed by atoms with van der Waals surface area (Å²) in [6.45, 7) is 1.48. The fourth-order valence-electron chi connectivity index (χ4n) is 3.26. The summed E-state index contributed by atoms with van der Waals surface area (Å²) in [4.78, 5) is 38.1. The standard InChI is InChI=1S/C20H20N2O3/c1-13(23)15-9-6-10-16(11-15)21-20(25)17-12-18(24)22(2)19(17)14-7-4-3-5-8-14/h3-11,17,19H,12H2,1-2H3,(H,21,25)/t17-,19-/m1/s1. The van der Waals surface area contributed by atoms with Crippen LogP contribution in [0.3, 0.4) is 0 Å². The number of carbonyl (C=O) groups excluding carboxylic acids is 3. The highest BCUT2D eigenvalue weighted by atomic mass is 16.2. The Bertz CT molecular complexity index is 817. The van der Waals surface area contributed by atoms with Gasteiger partial charge in [-0.3, -0.25) is 14.4 Å². The van der Waals surface area contributed by atoms with Crippen molar-refractivity contribution in [2.75, 3.05) is 12.4 Å². The molecule has 0 spiro atoms. The summed E-state index contributed by atoms with van der Waals surface area (Å²) >= 11 is 0. The molecule has 0 saturated carbocycles. The second-order valence-corrected chi connectivity index (χ2v) is 6.30. The average molecular weight is 336 g/mol. The Morgan fingerprint density at radius 3 is 2.48 bits per heavy atom. The van der Waals surface area contributed by atoms with E-state index in [1.165, 1.54) is 6.92 Å². The van der Waals surface area contributed by atoms with Crippen LogP contribution in [0.15, 0.2) is 54.6 Å². The van der Waals surface area contributed by atoms with Gasteiger partial charge in [0, 0.05) is 24.7 Å². The number of likely N-dealkylation sites (tertiary alicyclic amines) is 1. The van der Waals surface area contributed by atoms with Gasteiger partial charge in [-0.25, -0.2) is 0 Å². The van der Waals surface area contributed by atoms with Gasteiger partial charge in [0.15, 0.2) is 5.78 Å². The highest BCUT2D eigenvalue weighted by molar-refractivity contribution is 6.00. The third kappa shape index (κ3) is 3.45. The SMILES string of the molecule is CC(=O)c1cccc(NC(=O)[C@@H]2CC(=O)N(C)[C@@H]2c2ccccc2)c1. The molecule has 1 fully saturated rings. The molecule has 2 aromatic rings. The van der Waals surface area contributed by atoms with E-state index in [0.717, 1.165) is 5.56 Å². The highest BCUT2D eigenvalue weighted by Crippen LogP contribution is 2.37. The first-order valence-electron chi connectivity index (χ1n) is 8.20. The molecule has 1 aliphatic heterocycles. The molecule has 0 aliphatic carbocycles. The van der Waals surface area contributed by atoms with Crippen LogP contribution >= 0.6 is 0 Å². The predicted octanol–water partition coefficient (Wildman–Crippen LogP) is 3.05. The van der Waals surface area contributed by atoms with E-state index in [-0.39, 0.29) is 30.1 Å². The minimum atomic E-state index is -0.471. The third-order valence-electron chi connectivity index (χ3n) is 4.60. The van der Waals surface area contributed by atoms with Crippen LogP contribution in [0, 0.1) is 5.92 Å². The Labute approximate surface area is 146 Å². The lowest BCUT2D eigenvalue weighted by molar-refractivity contribution is -0.127. The number of Topliss-reactive ketones (excluding diaryl/α,β-unsaturated/α-hetero) is 1. The smallest absolute Gasteiger partial charge is 0.230 e. The number of anilines is 1. The van der Waals surface area contributed by atoms with Crippen LogP contribution in [-0.2, 0) is 9.59 Å². The van der Waals surface area contributed by atoms with Crippen molar-refractivity contribution in [2.24, 2.45) is 5.92 Å². The second kappa shape index (κ2) is 6.89. The molecular weight excluding hydrogens is 316 g/mol. The molecule has 2 amide bonds. The molecule has 128 valence electrons. The Morgan fingerprint density at radius 2 is 1.80 bits per heavy atom. The average Bonchev–Trinajstić information content (AvgIpc) is 2.91. The Kier molecular flexibility index (Phi) is 4.65. The maximum atomic E-state index is 12.8. The third-order valence-corrected chi connectivity index (χ3v) is 4.60. The molecule has 0 bridgehead atoms. The van der Waals surface area contributed by atoms with Crippen LogP contribution in [0.4, 0.5) is 5.69 Å². The number of rotatable bonds is 4. The molecule has 1 N–H and O–H groups in total. The van der Waals surface area contributed by atoms with Crippen LogP contribution in [-0.4, -0.2) is 29.5 Å². The summed E-state index contributed by atoms with van der Waals surface area (Å²) < 4.78 is 0. The molecule has 1 aliphatic rings. The van der Waals surface area contributed by atoms with Crippen LogP contribution < -0.4 is 5.32 Å². The maximum absolute atomic E-state index is 12.8. The number of nitrogens with one attached hydrogen (secondary N) is 1. The first-order valence-corrected chi connectivity index (χ1v) is 8.20. The van der Waals surface area contributed by atoms with E-state index < -0.39 is 5.92 Å². The van der Waals surface area contributed by atoms with Crippen molar-refractivity contribution in [2.45, 2.75) is 19.4 Å². The molecule has 2 atom stereocenters. The number of hydrogen-bond donors (Lipinski definition) is 1. The molecule has 0 aromatic heterocycles. The molecule has 2 aromatic carbocycles. The van der Waals surface area contributed by atoms with E-state index in [9.17, 15) is 14.4 Å². The monoisotopic (exact) mass is 336 g/mol. The van der Waals surface area contributed by atoms with E-state index in [2.05, 4.69) is 5.32 Å². The lowest BCUT2D eigenvalue weighted by atomic mass is 9.93. The van der Waals surface area contributed by atoms with Gasteiger partial charge >= 0.3 is 0 Å².